The molecule has 0 radical (unpaired) electrons. The van der Waals surface area contributed by atoms with Gasteiger partial charge >= 0.3 is 0 Å². The van der Waals surface area contributed by atoms with Crippen molar-refractivity contribution in [2.45, 2.75) is 55.8 Å². The summed E-state index contributed by atoms with van der Waals surface area (Å²) in [5.74, 6) is 0.605. The molecule has 2 N–H and O–H groups in total. The summed E-state index contributed by atoms with van der Waals surface area (Å²) in [6, 6.07) is 5.79. The van der Waals surface area contributed by atoms with Crippen molar-refractivity contribution in [3.05, 3.63) is 29.4 Å². The van der Waals surface area contributed by atoms with Gasteiger partial charge in [0.25, 0.3) is 0 Å². The number of rotatable bonds is 4. The van der Waals surface area contributed by atoms with Crippen LogP contribution in [0.3, 0.4) is 0 Å². The lowest BCUT2D eigenvalue weighted by atomic mass is 9.90. The van der Waals surface area contributed by atoms with E-state index in [1.165, 1.54) is 37.1 Å². The minimum absolute atomic E-state index is 0.605. The molecule has 0 spiro atoms. The molecule has 2 aliphatic rings. The zero-order valence-corrected chi connectivity index (χ0v) is 16.1. The van der Waals surface area contributed by atoms with E-state index in [4.69, 9.17) is 10.7 Å². The number of nitrogens with two attached hydrogens (primary N) is 1. The van der Waals surface area contributed by atoms with E-state index >= 15 is 0 Å². The fraction of sp³-hybridized carbons (Fsp3) is 0.526. The Hall–Kier alpha value is -1.24. The minimum atomic E-state index is -1.14. The molecule has 2 heterocycles. The highest BCUT2D eigenvalue weighted by atomic mass is 32.2. The third-order valence-corrected chi connectivity index (χ3v) is 7.98. The lowest BCUT2D eigenvalue weighted by Crippen LogP contribution is -2.22. The van der Waals surface area contributed by atoms with Gasteiger partial charge in [0.2, 0.25) is 0 Å². The van der Waals surface area contributed by atoms with Crippen LogP contribution in [0.4, 0.5) is 5.69 Å². The van der Waals surface area contributed by atoms with Crippen molar-refractivity contribution < 1.29 is 4.21 Å². The van der Waals surface area contributed by atoms with Gasteiger partial charge < -0.3 is 5.73 Å². The second kappa shape index (κ2) is 7.56. The lowest BCUT2D eigenvalue weighted by molar-refractivity contribution is 0.442. The van der Waals surface area contributed by atoms with Crippen LogP contribution in [0.1, 0.15) is 55.9 Å². The largest absolute Gasteiger partial charge is 0.399 e. The van der Waals surface area contributed by atoms with Gasteiger partial charge in [-0.25, -0.2) is 13.5 Å². The van der Waals surface area contributed by atoms with E-state index in [1.807, 2.05) is 24.4 Å². The summed E-state index contributed by atoms with van der Waals surface area (Å²) in [6.45, 7) is 1.80. The minimum Gasteiger partial charge on any atom is -0.399 e. The maximum atomic E-state index is 13.1. The predicted molar refractivity (Wildman–Crippen MR) is 105 cm³/mol. The fourth-order valence-corrected chi connectivity index (χ4v) is 6.49. The molecule has 0 bridgehead atoms. The van der Waals surface area contributed by atoms with E-state index in [9.17, 15) is 4.21 Å². The van der Waals surface area contributed by atoms with Crippen LogP contribution >= 0.6 is 11.3 Å². The van der Waals surface area contributed by atoms with Gasteiger partial charge in [-0.3, -0.25) is 0 Å². The van der Waals surface area contributed by atoms with Crippen LogP contribution in [0.15, 0.2) is 29.3 Å². The van der Waals surface area contributed by atoms with Gasteiger partial charge in [0, 0.05) is 36.5 Å². The lowest BCUT2D eigenvalue weighted by Gasteiger charge is -2.19. The standard InChI is InChI=1S/C19H25N3OS2/c20-15-8-9-16(18(12-15)25(23)22-10-4-5-11-22)17-13-21-19(24-17)14-6-2-1-3-7-14/h8-9,12-14H,1-7,10-11,20H2. The van der Waals surface area contributed by atoms with E-state index in [0.717, 1.165) is 41.3 Å². The molecule has 2 aromatic rings. The molecule has 1 saturated carbocycles. The van der Waals surface area contributed by atoms with Crippen molar-refractivity contribution >= 4 is 28.0 Å². The van der Waals surface area contributed by atoms with E-state index < -0.39 is 11.0 Å². The van der Waals surface area contributed by atoms with Gasteiger partial charge in [-0.2, -0.15) is 0 Å². The second-order valence-electron chi connectivity index (χ2n) is 7.04. The van der Waals surface area contributed by atoms with Gasteiger partial charge in [-0.1, -0.05) is 25.3 Å². The first-order chi connectivity index (χ1) is 12.2. The van der Waals surface area contributed by atoms with Crippen molar-refractivity contribution in [2.24, 2.45) is 0 Å². The van der Waals surface area contributed by atoms with Crippen LogP contribution in [0.25, 0.3) is 10.4 Å². The first-order valence-electron chi connectivity index (χ1n) is 9.25. The topological polar surface area (TPSA) is 59.2 Å². The molecule has 134 valence electrons. The number of nitrogen functional groups attached to an aromatic ring is 1. The van der Waals surface area contributed by atoms with E-state index in [1.54, 1.807) is 11.3 Å². The van der Waals surface area contributed by atoms with Crippen molar-refractivity contribution in [2.75, 3.05) is 18.8 Å². The Bertz CT molecular complexity index is 762. The van der Waals surface area contributed by atoms with E-state index in [2.05, 4.69) is 4.31 Å². The molecule has 1 saturated heterocycles. The Morgan fingerprint density at radius 3 is 2.64 bits per heavy atom. The number of thiazole rings is 1. The van der Waals surface area contributed by atoms with Gasteiger partial charge in [-0.05, 0) is 37.8 Å². The number of aromatic nitrogens is 1. The first kappa shape index (κ1) is 17.2. The third-order valence-electron chi connectivity index (χ3n) is 5.24. The summed E-state index contributed by atoms with van der Waals surface area (Å²) in [4.78, 5) is 6.66. The van der Waals surface area contributed by atoms with E-state index in [-0.39, 0.29) is 0 Å². The molecular weight excluding hydrogens is 350 g/mol. The predicted octanol–water partition coefficient (Wildman–Crippen LogP) is 4.56. The molecule has 1 atom stereocenters. The summed E-state index contributed by atoms with van der Waals surface area (Å²) in [7, 11) is -1.14. The molecule has 0 amide bonds. The monoisotopic (exact) mass is 375 g/mol. The molecule has 1 aromatic carbocycles. The van der Waals surface area contributed by atoms with Crippen molar-refractivity contribution in [1.29, 1.82) is 0 Å². The molecule has 25 heavy (non-hydrogen) atoms. The second-order valence-corrected chi connectivity index (χ2v) is 9.56. The van der Waals surface area contributed by atoms with Crippen LogP contribution in [-0.4, -0.2) is 26.6 Å². The average molecular weight is 376 g/mol. The quantitative estimate of drug-likeness (QED) is 0.797. The fourth-order valence-electron chi connectivity index (χ4n) is 3.83. The van der Waals surface area contributed by atoms with Crippen LogP contribution in [0.2, 0.25) is 0 Å². The van der Waals surface area contributed by atoms with Gasteiger partial charge in [0.15, 0.2) is 0 Å². The van der Waals surface area contributed by atoms with Gasteiger partial charge in [0.05, 0.1) is 14.8 Å². The zero-order chi connectivity index (χ0) is 17.2. The molecule has 1 unspecified atom stereocenters. The maximum Gasteiger partial charge on any atom is 0.128 e. The highest BCUT2D eigenvalue weighted by molar-refractivity contribution is 7.82. The van der Waals surface area contributed by atoms with E-state index in [0.29, 0.717) is 11.6 Å². The molecule has 6 heteroatoms. The van der Waals surface area contributed by atoms with Gasteiger partial charge in [-0.15, -0.1) is 11.3 Å². The Morgan fingerprint density at radius 1 is 1.12 bits per heavy atom. The number of anilines is 1. The van der Waals surface area contributed by atoms with Crippen LogP contribution in [0.5, 0.6) is 0 Å². The first-order valence-corrected chi connectivity index (χ1v) is 11.2. The maximum absolute atomic E-state index is 13.1. The molecule has 1 aliphatic heterocycles. The Kier molecular flexibility index (Phi) is 5.20. The molecule has 4 nitrogen and oxygen atoms in total. The van der Waals surface area contributed by atoms with Crippen molar-refractivity contribution in [3.8, 4) is 10.4 Å². The smallest absolute Gasteiger partial charge is 0.128 e. The van der Waals surface area contributed by atoms with Crippen LogP contribution in [-0.2, 0) is 11.0 Å². The third kappa shape index (κ3) is 3.66. The summed E-state index contributed by atoms with van der Waals surface area (Å²) in [6.07, 6.45) is 10.7. The van der Waals surface area contributed by atoms with Crippen molar-refractivity contribution in [1.82, 2.24) is 9.29 Å². The Morgan fingerprint density at radius 2 is 1.88 bits per heavy atom. The molecule has 1 aliphatic carbocycles. The Labute approximate surface area is 156 Å². The number of hydrogen-bond donors (Lipinski definition) is 1. The van der Waals surface area contributed by atoms with Gasteiger partial charge in [0.1, 0.15) is 11.0 Å². The number of nitrogens with zero attached hydrogens (tertiary/aromatic N) is 2. The molecule has 4 rings (SSSR count). The summed E-state index contributed by atoms with van der Waals surface area (Å²) >= 11 is 1.77. The van der Waals surface area contributed by atoms with Crippen LogP contribution in [0, 0.1) is 0 Å². The SMILES string of the molecule is Nc1ccc(-c2cnc(C3CCCCC3)s2)c(S(=O)N2CCCC2)c1. The average Bonchev–Trinajstić information content (AvgIpc) is 3.34. The summed E-state index contributed by atoms with van der Waals surface area (Å²) < 4.78 is 15.1. The normalized spacial score (nSPS) is 20.8. The highest BCUT2D eigenvalue weighted by Gasteiger charge is 2.24. The van der Waals surface area contributed by atoms with Crippen LogP contribution < -0.4 is 5.73 Å². The summed E-state index contributed by atoms with van der Waals surface area (Å²) in [5.41, 5.74) is 7.70. The zero-order valence-electron chi connectivity index (χ0n) is 14.4. The molecule has 1 aromatic heterocycles. The highest BCUT2D eigenvalue weighted by Crippen LogP contribution is 2.39. The van der Waals surface area contributed by atoms with Crippen molar-refractivity contribution in [3.63, 3.8) is 0 Å². The summed E-state index contributed by atoms with van der Waals surface area (Å²) in [5, 5.41) is 1.24. The molecule has 2 fully saturated rings. The number of hydrogen-bond acceptors (Lipinski definition) is 4. The number of benzene rings is 1. The molecular formula is C19H25N3OS2. The Balaban J connectivity index is 1.65.